The molecule has 0 aliphatic heterocycles. The van der Waals surface area contributed by atoms with Crippen LogP contribution in [0.15, 0.2) is 5.10 Å². The fourth-order valence-electron chi connectivity index (χ4n) is 0.178. The predicted octanol–water partition coefficient (Wildman–Crippen LogP) is 0.129. The van der Waals surface area contributed by atoms with Gasteiger partial charge in [0.05, 0.1) is 12.2 Å². The monoisotopic (exact) mass is 181 g/mol. The molecule has 0 aliphatic carbocycles. The van der Waals surface area contributed by atoms with Gasteiger partial charge in [-0.25, -0.2) is 4.79 Å². The van der Waals surface area contributed by atoms with Crippen LogP contribution in [0, 0.1) is 10.1 Å². The minimum absolute atomic E-state index is 0.926. The van der Waals surface area contributed by atoms with Crippen LogP contribution in [0.3, 0.4) is 0 Å². The lowest BCUT2D eigenvalue weighted by Crippen LogP contribution is -2.20. The molecule has 0 fully saturated rings. The lowest BCUT2D eigenvalue weighted by Gasteiger charge is -1.90. The van der Waals surface area contributed by atoms with Gasteiger partial charge in [0.25, 0.3) is 0 Å². The van der Waals surface area contributed by atoms with Crippen molar-refractivity contribution in [1.82, 2.24) is 5.43 Å². The highest BCUT2D eigenvalue weighted by Gasteiger charge is 2.08. The van der Waals surface area contributed by atoms with Gasteiger partial charge in [0, 0.05) is 11.6 Å². The van der Waals surface area contributed by atoms with Crippen LogP contribution in [0.25, 0.3) is 0 Å². The van der Waals surface area contributed by atoms with Gasteiger partial charge in [0.15, 0.2) is 0 Å². The molecule has 0 radical (unpaired) electrons. The summed E-state index contributed by atoms with van der Waals surface area (Å²) in [6.07, 6.45) is -0.926. The van der Waals surface area contributed by atoms with E-state index >= 15 is 0 Å². The van der Waals surface area contributed by atoms with Crippen LogP contribution in [0.2, 0.25) is 0 Å². The molecule has 0 aromatic heterocycles. The fourth-order valence-corrected chi connectivity index (χ4v) is 0.220. The lowest BCUT2D eigenvalue weighted by molar-refractivity contribution is -0.344. The number of nitro groups is 1. The number of nitrogens with one attached hydrogen (secondary N) is 1. The van der Waals surface area contributed by atoms with Crippen LogP contribution in [0.1, 0.15) is 0 Å². The van der Waals surface area contributed by atoms with E-state index in [0.29, 0.717) is 0 Å². The second-order valence-electron chi connectivity index (χ2n) is 1.24. The van der Waals surface area contributed by atoms with E-state index in [1.807, 2.05) is 0 Å². The Bertz CT molecular complexity index is 203. The summed E-state index contributed by atoms with van der Waals surface area (Å²) in [7, 11) is 1.09. The van der Waals surface area contributed by atoms with Gasteiger partial charge in [0.2, 0.25) is 0 Å². The number of amidine groups is 1. The van der Waals surface area contributed by atoms with E-state index in [1.54, 1.807) is 5.43 Å². The zero-order valence-electron chi connectivity index (χ0n) is 5.41. The average molecular weight is 182 g/mol. The van der Waals surface area contributed by atoms with Crippen molar-refractivity contribution in [2.75, 3.05) is 7.11 Å². The summed E-state index contributed by atoms with van der Waals surface area (Å²) in [6, 6.07) is 0. The molecular weight excluding hydrogens is 178 g/mol. The third-order valence-electron chi connectivity index (χ3n) is 0.575. The molecule has 0 rings (SSSR count). The number of hydrazone groups is 1. The van der Waals surface area contributed by atoms with Gasteiger partial charge in [-0.2, -0.15) is 0 Å². The molecule has 0 atom stereocenters. The Morgan fingerprint density at radius 1 is 1.82 bits per heavy atom. The first-order valence-electron chi connectivity index (χ1n) is 2.29. The Labute approximate surface area is 66.1 Å². The number of nitrogens with zero attached hydrogens (tertiary/aromatic N) is 2. The van der Waals surface area contributed by atoms with E-state index < -0.39 is 16.3 Å². The van der Waals surface area contributed by atoms with Crippen molar-refractivity contribution >= 4 is 23.0 Å². The number of hydrogen-bond donors (Lipinski definition) is 1. The van der Waals surface area contributed by atoms with E-state index in [2.05, 4.69) is 9.84 Å². The van der Waals surface area contributed by atoms with E-state index in [1.165, 1.54) is 0 Å². The van der Waals surface area contributed by atoms with Gasteiger partial charge in [-0.15, -0.1) is 5.43 Å². The van der Waals surface area contributed by atoms with Crippen molar-refractivity contribution in [3.8, 4) is 0 Å². The molecule has 0 aromatic rings. The Kier molecular flexibility index (Phi) is 3.89. The topological polar surface area (TPSA) is 93.8 Å². The Balaban J connectivity index is 3.92. The maximum atomic E-state index is 10.2. The summed E-state index contributed by atoms with van der Waals surface area (Å²) in [6.45, 7) is 0. The minimum Gasteiger partial charge on any atom is -0.450 e. The van der Waals surface area contributed by atoms with E-state index in [-0.39, 0.29) is 0 Å². The zero-order valence-corrected chi connectivity index (χ0v) is 6.16. The Morgan fingerprint density at radius 2 is 2.36 bits per heavy atom. The number of amides is 1. The predicted molar refractivity (Wildman–Crippen MR) is 35.8 cm³/mol. The summed E-state index contributed by atoms with van der Waals surface area (Å²) < 4.78 is 4.04. The third kappa shape index (κ3) is 4.09. The van der Waals surface area contributed by atoms with Gasteiger partial charge < -0.3 is 14.9 Å². The molecule has 0 saturated carbocycles. The van der Waals surface area contributed by atoms with Crippen molar-refractivity contribution in [1.29, 1.82) is 0 Å². The number of carbonyl (C=O) groups is 1. The van der Waals surface area contributed by atoms with Crippen molar-refractivity contribution in [3.05, 3.63) is 10.1 Å². The van der Waals surface area contributed by atoms with Gasteiger partial charge in [0.1, 0.15) is 0 Å². The van der Waals surface area contributed by atoms with Crippen molar-refractivity contribution in [2.24, 2.45) is 5.10 Å². The number of halogens is 1. The SMILES string of the molecule is COC(=O)NN=C(Cl)[N+](=O)[O-]. The van der Waals surface area contributed by atoms with Crippen molar-refractivity contribution < 1.29 is 14.5 Å². The van der Waals surface area contributed by atoms with Crippen molar-refractivity contribution in [3.63, 3.8) is 0 Å². The highest BCUT2D eigenvalue weighted by atomic mass is 35.5. The van der Waals surface area contributed by atoms with Crippen LogP contribution in [0.5, 0.6) is 0 Å². The maximum absolute atomic E-state index is 10.2. The smallest absolute Gasteiger partial charge is 0.450 e. The molecule has 1 amide bonds. The molecule has 62 valence electrons. The summed E-state index contributed by atoms with van der Waals surface area (Å²) in [5.41, 5.74) is 1.67. The number of methoxy groups -OCH3 is 1. The molecule has 0 bridgehead atoms. The number of hydrogen-bond acceptors (Lipinski definition) is 5. The summed E-state index contributed by atoms with van der Waals surface area (Å²) in [4.78, 5) is 19.0. The van der Waals surface area contributed by atoms with Crippen LogP contribution in [0.4, 0.5) is 4.79 Å². The largest absolute Gasteiger partial charge is 0.460 e. The summed E-state index contributed by atoms with van der Waals surface area (Å²) in [5, 5.41) is 11.7. The molecule has 0 aliphatic rings. The lowest BCUT2D eigenvalue weighted by atomic mass is 11.2. The molecule has 0 spiro atoms. The number of ether oxygens (including phenoxy) is 1. The molecule has 8 heteroatoms. The summed E-state index contributed by atoms with van der Waals surface area (Å²) >= 11 is 4.90. The van der Waals surface area contributed by atoms with E-state index in [0.717, 1.165) is 7.11 Å². The van der Waals surface area contributed by atoms with Gasteiger partial charge in [-0.3, -0.25) is 0 Å². The van der Waals surface area contributed by atoms with E-state index in [4.69, 9.17) is 11.6 Å². The normalized spacial score (nSPS) is 10.5. The minimum atomic E-state index is -0.961. The first-order valence-corrected chi connectivity index (χ1v) is 2.67. The zero-order chi connectivity index (χ0) is 8.85. The number of carbonyl (C=O) groups excluding carboxylic acids is 1. The van der Waals surface area contributed by atoms with Crippen LogP contribution in [-0.4, -0.2) is 23.4 Å². The molecule has 1 N–H and O–H groups in total. The Morgan fingerprint density at radius 3 is 2.73 bits per heavy atom. The molecule has 0 heterocycles. The second-order valence-corrected chi connectivity index (χ2v) is 1.58. The van der Waals surface area contributed by atoms with Crippen molar-refractivity contribution in [2.45, 2.75) is 0 Å². The Hall–Kier alpha value is -1.37. The number of rotatable bonds is 1. The van der Waals surface area contributed by atoms with Crippen LogP contribution >= 0.6 is 11.6 Å². The highest BCUT2D eigenvalue weighted by molar-refractivity contribution is 6.62. The molecular formula is C3H4ClN3O4. The molecule has 11 heavy (non-hydrogen) atoms. The van der Waals surface area contributed by atoms with Gasteiger partial charge in [-0.1, -0.05) is 0 Å². The summed E-state index contributed by atoms with van der Waals surface area (Å²) in [5.74, 6) is 0. The standard InChI is InChI=1S/C3H4ClN3O4/c1-11-3(8)6-5-2(4)7(9)10/h1H3,(H,6,8). The highest BCUT2D eigenvalue weighted by Crippen LogP contribution is 1.84. The fraction of sp³-hybridized carbons (Fsp3) is 0.333. The van der Waals surface area contributed by atoms with Gasteiger partial charge >= 0.3 is 11.4 Å². The quantitative estimate of drug-likeness (QED) is 0.205. The molecule has 0 unspecified atom stereocenters. The first kappa shape index (κ1) is 9.63. The third-order valence-corrected chi connectivity index (χ3v) is 0.798. The second kappa shape index (κ2) is 4.45. The van der Waals surface area contributed by atoms with E-state index in [9.17, 15) is 14.9 Å². The molecule has 0 aromatic carbocycles. The van der Waals surface area contributed by atoms with Crippen LogP contribution < -0.4 is 5.43 Å². The molecule has 0 saturated heterocycles. The van der Waals surface area contributed by atoms with Crippen LogP contribution in [-0.2, 0) is 4.74 Å². The maximum Gasteiger partial charge on any atom is 0.460 e. The molecule has 7 nitrogen and oxygen atoms in total. The van der Waals surface area contributed by atoms with Gasteiger partial charge in [-0.05, 0) is 4.92 Å². The average Bonchev–Trinajstić information content (AvgIpc) is 1.99. The first-order chi connectivity index (χ1) is 5.07.